The summed E-state index contributed by atoms with van der Waals surface area (Å²) in [5, 5.41) is 4.29. The Kier molecular flexibility index (Phi) is 7.24. The number of ether oxygens (including phenoxy) is 2. The van der Waals surface area contributed by atoms with Gasteiger partial charge in [0.05, 0.1) is 28.0 Å². The zero-order valence-electron chi connectivity index (χ0n) is 23.8. The zero-order valence-corrected chi connectivity index (χ0v) is 24.6. The SMILES string of the molecule is C[C@H](C[C@@H](C)S(C)(=O)=O)Oc1ncc(C(C)(N)C2CC2)c2cc(Nc3ccc4c(n3)[C@@H](C)[C@H](C)OC4=O)ncc12. The molecule has 2 aliphatic rings. The minimum Gasteiger partial charge on any atom is -0.474 e. The van der Waals surface area contributed by atoms with E-state index < -0.39 is 20.6 Å². The molecule has 0 bridgehead atoms. The second-order valence-corrected chi connectivity index (χ2v) is 14.1. The number of esters is 1. The molecular weight excluding hydrogens is 530 g/mol. The number of pyridine rings is 3. The normalized spacial score (nSPS) is 22.1. The Bertz CT molecular complexity index is 1570. The van der Waals surface area contributed by atoms with Gasteiger partial charge in [-0.2, -0.15) is 0 Å². The van der Waals surface area contributed by atoms with Crippen molar-refractivity contribution in [2.75, 3.05) is 11.6 Å². The lowest BCUT2D eigenvalue weighted by Gasteiger charge is -2.28. The Labute approximate surface area is 235 Å². The van der Waals surface area contributed by atoms with Gasteiger partial charge >= 0.3 is 5.97 Å². The topological polar surface area (TPSA) is 146 Å². The molecule has 214 valence electrons. The monoisotopic (exact) mass is 567 g/mol. The number of hydrogen-bond donors (Lipinski definition) is 2. The molecule has 5 atom stereocenters. The van der Waals surface area contributed by atoms with Gasteiger partial charge < -0.3 is 20.5 Å². The van der Waals surface area contributed by atoms with Gasteiger partial charge in [0.15, 0.2) is 0 Å². The Hall–Kier alpha value is -3.31. The lowest BCUT2D eigenvalue weighted by atomic mass is 9.86. The Morgan fingerprint density at radius 1 is 1.15 bits per heavy atom. The highest BCUT2D eigenvalue weighted by Gasteiger charge is 2.41. The van der Waals surface area contributed by atoms with Gasteiger partial charge in [0.25, 0.3) is 0 Å². The van der Waals surface area contributed by atoms with Gasteiger partial charge in [-0.3, -0.25) is 0 Å². The molecule has 10 nitrogen and oxygen atoms in total. The van der Waals surface area contributed by atoms with Crippen molar-refractivity contribution in [3.63, 3.8) is 0 Å². The Morgan fingerprint density at radius 3 is 2.55 bits per heavy atom. The maximum Gasteiger partial charge on any atom is 0.340 e. The lowest BCUT2D eigenvalue weighted by molar-refractivity contribution is 0.0235. The van der Waals surface area contributed by atoms with Crippen molar-refractivity contribution in [3.05, 3.63) is 47.4 Å². The number of carbonyl (C=O) groups excluding carboxylic acids is 1. The molecule has 1 aliphatic carbocycles. The number of rotatable bonds is 9. The standard InChI is InChI=1S/C29H37N5O5S/c1-15(11-16(2)40(6,36)37)38-27-22-13-31-25(12-21(22)23(14-32-27)29(5,30)19-7-8-19)33-24-10-9-20-26(34-24)17(3)18(4)39-28(20)35/h9-10,12-19H,7-8,11,30H2,1-6H3,(H,31,33,34)/t15-,16-,17+,18+,29?/m1/s1. The molecular formula is C29H37N5O5S. The molecule has 4 heterocycles. The van der Waals surface area contributed by atoms with Gasteiger partial charge in [0, 0.05) is 36.5 Å². The van der Waals surface area contributed by atoms with Crippen LogP contribution in [-0.4, -0.2) is 53.1 Å². The summed E-state index contributed by atoms with van der Waals surface area (Å²) < 4.78 is 35.4. The summed E-state index contributed by atoms with van der Waals surface area (Å²) in [5.41, 5.74) is 8.32. The molecule has 1 unspecified atom stereocenters. The summed E-state index contributed by atoms with van der Waals surface area (Å²) in [4.78, 5) is 26.3. The minimum atomic E-state index is -3.18. The van der Waals surface area contributed by atoms with Crippen molar-refractivity contribution >= 4 is 38.2 Å². The smallest absolute Gasteiger partial charge is 0.340 e. The number of aromatic nitrogens is 3. The highest BCUT2D eigenvalue weighted by atomic mass is 32.2. The third-order valence-corrected chi connectivity index (χ3v) is 9.93. The van der Waals surface area contributed by atoms with Crippen LogP contribution in [0.25, 0.3) is 10.8 Å². The molecule has 11 heteroatoms. The van der Waals surface area contributed by atoms with Crippen LogP contribution in [0.15, 0.2) is 30.6 Å². The van der Waals surface area contributed by atoms with Gasteiger partial charge in [-0.15, -0.1) is 0 Å². The number of nitrogens with two attached hydrogens (primary N) is 1. The molecule has 0 saturated heterocycles. The van der Waals surface area contributed by atoms with Crippen molar-refractivity contribution in [1.29, 1.82) is 0 Å². The Balaban J connectivity index is 1.50. The molecule has 3 N–H and O–H groups in total. The summed E-state index contributed by atoms with van der Waals surface area (Å²) >= 11 is 0. The van der Waals surface area contributed by atoms with Crippen LogP contribution in [0.5, 0.6) is 5.88 Å². The van der Waals surface area contributed by atoms with E-state index in [4.69, 9.17) is 20.2 Å². The van der Waals surface area contributed by atoms with Crippen molar-refractivity contribution < 1.29 is 22.7 Å². The van der Waals surface area contributed by atoms with E-state index in [9.17, 15) is 13.2 Å². The van der Waals surface area contributed by atoms with E-state index in [1.165, 1.54) is 6.26 Å². The van der Waals surface area contributed by atoms with E-state index in [2.05, 4.69) is 15.3 Å². The number of nitrogens with zero attached hydrogens (tertiary/aromatic N) is 3. The van der Waals surface area contributed by atoms with Crippen molar-refractivity contribution in [1.82, 2.24) is 15.0 Å². The van der Waals surface area contributed by atoms with E-state index >= 15 is 0 Å². The van der Waals surface area contributed by atoms with E-state index in [0.29, 0.717) is 46.5 Å². The van der Waals surface area contributed by atoms with E-state index in [1.54, 1.807) is 31.5 Å². The maximum atomic E-state index is 12.3. The maximum absolute atomic E-state index is 12.3. The zero-order chi connectivity index (χ0) is 29.0. The molecule has 1 aliphatic heterocycles. The number of fused-ring (bicyclic) bond motifs is 2. The number of carbonyl (C=O) groups is 1. The molecule has 0 aromatic carbocycles. The van der Waals surface area contributed by atoms with Crippen molar-refractivity contribution in [2.24, 2.45) is 11.7 Å². The number of nitrogens with one attached hydrogen (secondary N) is 1. The molecule has 40 heavy (non-hydrogen) atoms. The van der Waals surface area contributed by atoms with Crippen molar-refractivity contribution in [3.8, 4) is 5.88 Å². The molecule has 0 spiro atoms. The van der Waals surface area contributed by atoms with Gasteiger partial charge in [0.1, 0.15) is 27.6 Å². The third-order valence-electron chi connectivity index (χ3n) is 8.28. The summed E-state index contributed by atoms with van der Waals surface area (Å²) in [6.07, 6.45) is 6.49. The van der Waals surface area contributed by atoms with Crippen LogP contribution in [-0.2, 0) is 20.1 Å². The summed E-state index contributed by atoms with van der Waals surface area (Å²) in [6.45, 7) is 9.39. The average Bonchev–Trinajstić information content (AvgIpc) is 3.73. The fourth-order valence-electron chi connectivity index (χ4n) is 5.24. The molecule has 0 amide bonds. The first kappa shape index (κ1) is 28.2. The van der Waals surface area contributed by atoms with E-state index in [1.807, 2.05) is 33.8 Å². The van der Waals surface area contributed by atoms with E-state index in [-0.39, 0.29) is 24.1 Å². The summed E-state index contributed by atoms with van der Waals surface area (Å²) in [6, 6.07) is 5.37. The fraction of sp³-hybridized carbons (Fsp3) is 0.517. The molecule has 0 radical (unpaired) electrons. The molecule has 3 aromatic rings. The number of anilines is 2. The molecule has 1 saturated carbocycles. The molecule has 5 rings (SSSR count). The number of sulfone groups is 1. The Morgan fingerprint density at radius 2 is 1.88 bits per heavy atom. The van der Waals surface area contributed by atoms with Gasteiger partial charge in [-0.1, -0.05) is 6.92 Å². The predicted molar refractivity (Wildman–Crippen MR) is 154 cm³/mol. The quantitative estimate of drug-likeness (QED) is 0.352. The number of hydrogen-bond acceptors (Lipinski definition) is 10. The van der Waals surface area contributed by atoms with Crippen LogP contribution < -0.4 is 15.8 Å². The minimum absolute atomic E-state index is 0.0414. The van der Waals surface area contributed by atoms with Crippen LogP contribution in [0.4, 0.5) is 11.6 Å². The van der Waals surface area contributed by atoms with Crippen LogP contribution in [0, 0.1) is 5.92 Å². The highest BCUT2D eigenvalue weighted by molar-refractivity contribution is 7.91. The predicted octanol–water partition coefficient (Wildman–Crippen LogP) is 4.61. The average molecular weight is 568 g/mol. The van der Waals surface area contributed by atoms with Crippen molar-refractivity contribution in [2.45, 2.75) is 82.8 Å². The van der Waals surface area contributed by atoms with Gasteiger partial charge in [-0.05, 0) is 75.6 Å². The summed E-state index contributed by atoms with van der Waals surface area (Å²) in [5.74, 6) is 1.45. The van der Waals surface area contributed by atoms with Crippen LogP contribution in [0.1, 0.15) is 81.4 Å². The van der Waals surface area contributed by atoms with Gasteiger partial charge in [-0.25, -0.2) is 28.2 Å². The fourth-order valence-corrected chi connectivity index (χ4v) is 5.86. The first-order chi connectivity index (χ1) is 18.8. The first-order valence-corrected chi connectivity index (χ1v) is 15.6. The lowest BCUT2D eigenvalue weighted by Crippen LogP contribution is -2.35. The largest absolute Gasteiger partial charge is 0.474 e. The third kappa shape index (κ3) is 5.49. The van der Waals surface area contributed by atoms with Crippen LogP contribution in [0.2, 0.25) is 0 Å². The first-order valence-electron chi connectivity index (χ1n) is 13.7. The molecule has 1 fully saturated rings. The van der Waals surface area contributed by atoms with Crippen LogP contribution >= 0.6 is 0 Å². The highest BCUT2D eigenvalue weighted by Crippen LogP contribution is 2.46. The second kappa shape index (κ2) is 10.3. The van der Waals surface area contributed by atoms with Crippen LogP contribution in [0.3, 0.4) is 0 Å². The van der Waals surface area contributed by atoms with Gasteiger partial charge in [0.2, 0.25) is 5.88 Å². The second-order valence-electron chi connectivity index (χ2n) is 11.6. The number of cyclic esters (lactones) is 1. The van der Waals surface area contributed by atoms with E-state index in [0.717, 1.165) is 23.8 Å². The molecule has 3 aromatic heterocycles. The summed E-state index contributed by atoms with van der Waals surface area (Å²) in [7, 11) is -3.18.